The molecule has 1 saturated heterocycles. The predicted octanol–water partition coefficient (Wildman–Crippen LogP) is 2.62. The molecule has 1 aromatic carbocycles. The Balaban J connectivity index is 1.64. The maximum Gasteiger partial charge on any atom is 0.226 e. The van der Waals surface area contributed by atoms with Crippen molar-refractivity contribution in [2.45, 2.75) is 31.8 Å². The van der Waals surface area contributed by atoms with E-state index in [4.69, 9.17) is 9.47 Å². The summed E-state index contributed by atoms with van der Waals surface area (Å²) in [5.74, 6) is -0.209. The largest absolute Gasteiger partial charge is 0.385 e. The normalized spacial score (nSPS) is 15.8. The predicted molar refractivity (Wildman–Crippen MR) is 86.5 cm³/mol. The molecule has 1 aromatic rings. The lowest BCUT2D eigenvalue weighted by molar-refractivity contribution is -0.130. The molecule has 1 aliphatic heterocycles. The van der Waals surface area contributed by atoms with Crippen molar-refractivity contribution in [1.82, 2.24) is 4.90 Å². The minimum Gasteiger partial charge on any atom is -0.385 e. The van der Waals surface area contributed by atoms with E-state index in [1.54, 1.807) is 25.7 Å². The Morgan fingerprint density at radius 2 is 1.96 bits per heavy atom. The first-order chi connectivity index (χ1) is 11.2. The number of rotatable bonds is 8. The van der Waals surface area contributed by atoms with Crippen molar-refractivity contribution in [1.29, 1.82) is 0 Å². The smallest absolute Gasteiger partial charge is 0.226 e. The number of hydrogen-bond acceptors (Lipinski definition) is 3. The molecule has 0 aromatic heterocycles. The van der Waals surface area contributed by atoms with Crippen molar-refractivity contribution >= 4 is 5.91 Å². The standard InChI is InChI=1S/C18H25FNO3/c1-22-13-2-14-23-17-9-11-20(12-10-17)18(21)8-5-15-3-6-16(19)7-4-15/h3-4,6-8,17H,2,5,9-14H2,1H3. The summed E-state index contributed by atoms with van der Waals surface area (Å²) >= 11 is 0. The van der Waals surface area contributed by atoms with Crippen molar-refractivity contribution in [3.8, 4) is 0 Å². The van der Waals surface area contributed by atoms with Crippen LogP contribution in [0.25, 0.3) is 0 Å². The van der Waals surface area contributed by atoms with Gasteiger partial charge in [-0.05, 0) is 43.4 Å². The maximum absolute atomic E-state index is 12.8. The third-order valence-corrected chi connectivity index (χ3v) is 4.03. The van der Waals surface area contributed by atoms with Gasteiger partial charge in [0, 0.05) is 33.4 Å². The molecule has 1 aliphatic rings. The lowest BCUT2D eigenvalue weighted by atomic mass is 10.1. The number of benzene rings is 1. The van der Waals surface area contributed by atoms with Crippen molar-refractivity contribution in [2.24, 2.45) is 0 Å². The first kappa shape index (κ1) is 17.9. The van der Waals surface area contributed by atoms with Gasteiger partial charge in [-0.3, -0.25) is 4.79 Å². The van der Waals surface area contributed by atoms with Crippen LogP contribution in [0.3, 0.4) is 0 Å². The van der Waals surface area contributed by atoms with Crippen LogP contribution in [-0.4, -0.2) is 50.3 Å². The van der Waals surface area contributed by atoms with Crippen LogP contribution in [0, 0.1) is 12.2 Å². The molecule has 0 unspecified atom stereocenters. The zero-order valence-corrected chi connectivity index (χ0v) is 13.7. The second-order valence-corrected chi connectivity index (χ2v) is 5.78. The van der Waals surface area contributed by atoms with Crippen LogP contribution in [0.15, 0.2) is 24.3 Å². The number of piperidine rings is 1. The molecule has 0 atom stereocenters. The molecule has 0 bridgehead atoms. The lowest BCUT2D eigenvalue weighted by Crippen LogP contribution is -2.41. The van der Waals surface area contributed by atoms with Crippen LogP contribution in [0.1, 0.15) is 24.8 Å². The van der Waals surface area contributed by atoms with E-state index in [0.717, 1.165) is 44.5 Å². The van der Waals surface area contributed by atoms with Crippen molar-refractivity contribution in [2.75, 3.05) is 33.4 Å². The first-order valence-corrected chi connectivity index (χ1v) is 8.16. The summed E-state index contributed by atoms with van der Waals surface area (Å²) in [7, 11) is 1.69. The van der Waals surface area contributed by atoms with Gasteiger partial charge in [-0.2, -0.15) is 0 Å². The van der Waals surface area contributed by atoms with Gasteiger partial charge in [0.1, 0.15) is 5.82 Å². The molecule has 127 valence electrons. The van der Waals surface area contributed by atoms with Crippen LogP contribution in [-0.2, 0) is 20.7 Å². The minimum atomic E-state index is -0.257. The average molecular weight is 322 g/mol. The van der Waals surface area contributed by atoms with Crippen molar-refractivity contribution < 1.29 is 18.7 Å². The van der Waals surface area contributed by atoms with Crippen LogP contribution in [0.2, 0.25) is 0 Å². The minimum absolute atomic E-state index is 0.0483. The molecule has 1 fully saturated rings. The third kappa shape index (κ3) is 6.28. The van der Waals surface area contributed by atoms with Gasteiger partial charge in [0.15, 0.2) is 0 Å². The van der Waals surface area contributed by atoms with Gasteiger partial charge in [0.05, 0.1) is 12.5 Å². The van der Waals surface area contributed by atoms with E-state index in [9.17, 15) is 9.18 Å². The van der Waals surface area contributed by atoms with E-state index in [1.807, 2.05) is 4.90 Å². The molecular weight excluding hydrogens is 297 g/mol. The number of hydrogen-bond donors (Lipinski definition) is 0. The lowest BCUT2D eigenvalue weighted by Gasteiger charge is -2.32. The molecule has 2 rings (SSSR count). The molecule has 4 nitrogen and oxygen atoms in total. The van der Waals surface area contributed by atoms with Crippen molar-refractivity contribution in [3.63, 3.8) is 0 Å². The second-order valence-electron chi connectivity index (χ2n) is 5.78. The van der Waals surface area contributed by atoms with Crippen LogP contribution in [0.4, 0.5) is 4.39 Å². The summed E-state index contributed by atoms with van der Waals surface area (Å²) < 4.78 is 23.6. The van der Waals surface area contributed by atoms with Gasteiger partial charge < -0.3 is 14.4 Å². The van der Waals surface area contributed by atoms with Gasteiger partial charge in [-0.25, -0.2) is 4.39 Å². The maximum atomic E-state index is 12.8. The van der Waals surface area contributed by atoms with Crippen molar-refractivity contribution in [3.05, 3.63) is 42.1 Å². The molecule has 0 spiro atoms. The summed E-state index contributed by atoms with van der Waals surface area (Å²) in [5.41, 5.74) is 0.941. The number of methoxy groups -OCH3 is 1. The number of carbonyl (C=O) groups is 1. The SMILES string of the molecule is COCCCOC1CCN(C(=O)[CH]Cc2ccc(F)cc2)CC1. The summed E-state index contributed by atoms with van der Waals surface area (Å²) in [6, 6.07) is 6.25. The molecule has 0 saturated carbocycles. The highest BCUT2D eigenvalue weighted by Crippen LogP contribution is 2.15. The Bertz CT molecular complexity index is 470. The first-order valence-electron chi connectivity index (χ1n) is 8.16. The molecule has 0 aliphatic carbocycles. The van der Waals surface area contributed by atoms with E-state index in [-0.39, 0.29) is 17.8 Å². The Kier molecular flexibility index (Phi) is 7.49. The van der Waals surface area contributed by atoms with Crippen LogP contribution < -0.4 is 0 Å². The highest BCUT2D eigenvalue weighted by atomic mass is 19.1. The van der Waals surface area contributed by atoms with Crippen LogP contribution in [0.5, 0.6) is 0 Å². The van der Waals surface area contributed by atoms with Gasteiger partial charge in [-0.1, -0.05) is 12.1 Å². The monoisotopic (exact) mass is 322 g/mol. The molecule has 1 heterocycles. The molecular formula is C18H25FNO3. The molecule has 1 amide bonds. The Morgan fingerprint density at radius 3 is 2.61 bits per heavy atom. The quantitative estimate of drug-likeness (QED) is 0.691. The van der Waals surface area contributed by atoms with Gasteiger partial charge in [0.2, 0.25) is 5.91 Å². The molecule has 1 radical (unpaired) electrons. The average Bonchev–Trinajstić information content (AvgIpc) is 2.58. The summed E-state index contributed by atoms with van der Waals surface area (Å²) in [6.07, 6.45) is 5.11. The number of ether oxygens (including phenoxy) is 2. The number of nitrogens with zero attached hydrogens (tertiary/aromatic N) is 1. The Morgan fingerprint density at radius 1 is 1.26 bits per heavy atom. The number of halogens is 1. The van der Waals surface area contributed by atoms with E-state index in [2.05, 4.69) is 0 Å². The zero-order chi connectivity index (χ0) is 16.5. The fraction of sp³-hybridized carbons (Fsp3) is 0.556. The highest BCUT2D eigenvalue weighted by Gasteiger charge is 2.22. The van der Waals surface area contributed by atoms with Gasteiger partial charge >= 0.3 is 0 Å². The fourth-order valence-corrected chi connectivity index (χ4v) is 2.65. The number of carbonyl (C=O) groups excluding carboxylic acids is 1. The van der Waals surface area contributed by atoms with E-state index >= 15 is 0 Å². The Labute approximate surface area is 137 Å². The molecule has 0 N–H and O–H groups in total. The summed E-state index contributed by atoms with van der Waals surface area (Å²) in [5, 5.41) is 0. The number of amides is 1. The molecule has 23 heavy (non-hydrogen) atoms. The zero-order valence-electron chi connectivity index (χ0n) is 13.7. The fourth-order valence-electron chi connectivity index (χ4n) is 2.65. The van der Waals surface area contributed by atoms with Crippen LogP contribution >= 0.6 is 0 Å². The Hall–Kier alpha value is -1.46. The van der Waals surface area contributed by atoms with E-state index in [0.29, 0.717) is 13.0 Å². The topological polar surface area (TPSA) is 38.8 Å². The molecule has 5 heteroatoms. The second kappa shape index (κ2) is 9.63. The highest BCUT2D eigenvalue weighted by molar-refractivity contribution is 5.85. The summed E-state index contributed by atoms with van der Waals surface area (Å²) in [6.45, 7) is 2.89. The van der Waals surface area contributed by atoms with Gasteiger partial charge in [0.25, 0.3) is 0 Å². The van der Waals surface area contributed by atoms with E-state index in [1.165, 1.54) is 12.1 Å². The number of likely N-dealkylation sites (tertiary alicyclic amines) is 1. The van der Waals surface area contributed by atoms with Gasteiger partial charge in [-0.15, -0.1) is 0 Å². The summed E-state index contributed by atoms with van der Waals surface area (Å²) in [4.78, 5) is 14.0. The third-order valence-electron chi connectivity index (χ3n) is 4.03. The van der Waals surface area contributed by atoms with E-state index < -0.39 is 0 Å².